The maximum absolute atomic E-state index is 4.37. The van der Waals surface area contributed by atoms with Gasteiger partial charge in [0.15, 0.2) is 0 Å². The second-order valence-electron chi connectivity index (χ2n) is 2.95. The van der Waals surface area contributed by atoms with Crippen molar-refractivity contribution in [1.82, 2.24) is 9.55 Å². The number of nitrogens with zero attached hydrogens (tertiary/aromatic N) is 2. The van der Waals surface area contributed by atoms with Crippen LogP contribution in [0.3, 0.4) is 0 Å². The molecule has 1 aromatic rings. The molecule has 0 aliphatic rings. The molecule has 0 fully saturated rings. The SMILES string of the molecule is C=C(C)c1nc(C)c(C)n1C. The van der Waals surface area contributed by atoms with Crippen LogP contribution in [0.4, 0.5) is 0 Å². The molecule has 0 radical (unpaired) electrons. The molecule has 2 heteroatoms. The minimum atomic E-state index is 0.986. The van der Waals surface area contributed by atoms with Gasteiger partial charge in [-0.3, -0.25) is 0 Å². The van der Waals surface area contributed by atoms with Crippen molar-refractivity contribution in [2.45, 2.75) is 20.8 Å². The summed E-state index contributed by atoms with van der Waals surface area (Å²) in [6.45, 7) is 9.91. The van der Waals surface area contributed by atoms with Gasteiger partial charge in [-0.2, -0.15) is 0 Å². The molecule has 0 aliphatic heterocycles. The van der Waals surface area contributed by atoms with Crippen molar-refractivity contribution in [2.75, 3.05) is 0 Å². The third-order valence-corrected chi connectivity index (χ3v) is 2.00. The van der Waals surface area contributed by atoms with Crippen molar-refractivity contribution in [1.29, 1.82) is 0 Å². The fourth-order valence-electron chi connectivity index (χ4n) is 1.10. The first-order chi connectivity index (χ1) is 5.04. The average Bonchev–Trinajstić information content (AvgIpc) is 2.17. The van der Waals surface area contributed by atoms with Crippen LogP contribution in [0, 0.1) is 13.8 Å². The standard InChI is InChI=1S/C9H14N2/c1-6(2)9-10-7(3)8(4)11(9)5/h1H2,2-5H3. The second kappa shape index (κ2) is 2.53. The van der Waals surface area contributed by atoms with Crippen LogP contribution in [-0.2, 0) is 7.05 Å². The van der Waals surface area contributed by atoms with Crippen molar-refractivity contribution in [2.24, 2.45) is 7.05 Å². The Labute approximate surface area is 67.6 Å². The van der Waals surface area contributed by atoms with E-state index in [2.05, 4.69) is 23.1 Å². The van der Waals surface area contributed by atoms with Gasteiger partial charge in [-0.05, 0) is 26.3 Å². The molecule has 11 heavy (non-hydrogen) atoms. The summed E-state index contributed by atoms with van der Waals surface area (Å²) < 4.78 is 2.07. The smallest absolute Gasteiger partial charge is 0.135 e. The van der Waals surface area contributed by atoms with Gasteiger partial charge in [0.25, 0.3) is 0 Å². The largest absolute Gasteiger partial charge is 0.331 e. The summed E-state index contributed by atoms with van der Waals surface area (Å²) in [6.07, 6.45) is 0. The van der Waals surface area contributed by atoms with Gasteiger partial charge in [0, 0.05) is 12.7 Å². The maximum Gasteiger partial charge on any atom is 0.135 e. The van der Waals surface area contributed by atoms with E-state index in [9.17, 15) is 0 Å². The Kier molecular flexibility index (Phi) is 1.85. The Morgan fingerprint density at radius 3 is 2.18 bits per heavy atom. The van der Waals surface area contributed by atoms with E-state index in [0.29, 0.717) is 0 Å². The first-order valence-electron chi connectivity index (χ1n) is 3.70. The fraction of sp³-hybridized carbons (Fsp3) is 0.444. The summed E-state index contributed by atoms with van der Waals surface area (Å²) in [7, 11) is 2.01. The molecule has 0 spiro atoms. The lowest BCUT2D eigenvalue weighted by Gasteiger charge is -2.00. The molecule has 0 aromatic carbocycles. The number of allylic oxidation sites excluding steroid dienone is 1. The molecule has 1 aromatic heterocycles. The molecule has 0 saturated carbocycles. The molecular formula is C9H14N2. The highest BCUT2D eigenvalue weighted by atomic mass is 15.1. The summed E-state index contributed by atoms with van der Waals surface area (Å²) in [4.78, 5) is 4.37. The van der Waals surface area contributed by atoms with Crippen LogP contribution in [0.1, 0.15) is 24.1 Å². The molecule has 0 N–H and O–H groups in total. The molecule has 0 saturated heterocycles. The lowest BCUT2D eigenvalue weighted by molar-refractivity contribution is 0.852. The first-order valence-corrected chi connectivity index (χ1v) is 3.70. The molecule has 0 unspecified atom stereocenters. The predicted octanol–water partition coefficient (Wildman–Crippen LogP) is 2.07. The molecule has 0 atom stereocenters. The van der Waals surface area contributed by atoms with Crippen molar-refractivity contribution in [3.63, 3.8) is 0 Å². The van der Waals surface area contributed by atoms with Crippen LogP contribution in [0.15, 0.2) is 6.58 Å². The highest BCUT2D eigenvalue weighted by Gasteiger charge is 2.06. The molecule has 1 heterocycles. The molecule has 2 nitrogen and oxygen atoms in total. The molecular weight excluding hydrogens is 136 g/mol. The van der Waals surface area contributed by atoms with E-state index in [0.717, 1.165) is 17.1 Å². The van der Waals surface area contributed by atoms with E-state index >= 15 is 0 Å². The van der Waals surface area contributed by atoms with Crippen LogP contribution in [-0.4, -0.2) is 9.55 Å². The van der Waals surface area contributed by atoms with Crippen LogP contribution < -0.4 is 0 Å². The number of imidazole rings is 1. The van der Waals surface area contributed by atoms with Crippen molar-refractivity contribution < 1.29 is 0 Å². The second-order valence-corrected chi connectivity index (χ2v) is 2.95. The van der Waals surface area contributed by atoms with Gasteiger partial charge in [-0.25, -0.2) is 4.98 Å². The van der Waals surface area contributed by atoms with E-state index < -0.39 is 0 Å². The first kappa shape index (κ1) is 8.05. The Morgan fingerprint density at radius 2 is 2.00 bits per heavy atom. The Bertz CT molecular complexity index is 295. The number of hydrogen-bond acceptors (Lipinski definition) is 1. The third kappa shape index (κ3) is 1.20. The van der Waals surface area contributed by atoms with Crippen LogP contribution in [0.5, 0.6) is 0 Å². The molecule has 60 valence electrons. The lowest BCUT2D eigenvalue weighted by Crippen LogP contribution is -1.96. The van der Waals surface area contributed by atoms with Crippen LogP contribution >= 0.6 is 0 Å². The zero-order valence-electron chi connectivity index (χ0n) is 7.60. The zero-order valence-corrected chi connectivity index (χ0v) is 7.60. The minimum Gasteiger partial charge on any atom is -0.331 e. The summed E-state index contributed by atoms with van der Waals surface area (Å²) in [6, 6.07) is 0. The number of hydrogen-bond donors (Lipinski definition) is 0. The van der Waals surface area contributed by atoms with E-state index in [4.69, 9.17) is 0 Å². The van der Waals surface area contributed by atoms with Crippen LogP contribution in [0.25, 0.3) is 5.57 Å². The summed E-state index contributed by atoms with van der Waals surface area (Å²) in [5, 5.41) is 0. The fourth-order valence-corrected chi connectivity index (χ4v) is 1.10. The van der Waals surface area contributed by atoms with E-state index in [1.807, 2.05) is 20.9 Å². The van der Waals surface area contributed by atoms with Crippen LogP contribution in [0.2, 0.25) is 0 Å². The Hall–Kier alpha value is -1.05. The van der Waals surface area contributed by atoms with E-state index in [1.165, 1.54) is 5.69 Å². The predicted molar refractivity (Wildman–Crippen MR) is 47.4 cm³/mol. The number of aryl methyl sites for hydroxylation is 1. The maximum atomic E-state index is 4.37. The quantitative estimate of drug-likeness (QED) is 0.599. The Balaban J connectivity index is 3.29. The summed E-state index contributed by atoms with van der Waals surface area (Å²) in [5.74, 6) is 0.986. The summed E-state index contributed by atoms with van der Waals surface area (Å²) in [5.41, 5.74) is 3.32. The lowest BCUT2D eigenvalue weighted by atomic mass is 10.3. The van der Waals surface area contributed by atoms with Gasteiger partial charge < -0.3 is 4.57 Å². The highest BCUT2D eigenvalue weighted by Crippen LogP contribution is 2.13. The average molecular weight is 150 g/mol. The topological polar surface area (TPSA) is 17.8 Å². The van der Waals surface area contributed by atoms with Gasteiger partial charge in [0.1, 0.15) is 5.82 Å². The molecule has 0 bridgehead atoms. The van der Waals surface area contributed by atoms with Crippen molar-refractivity contribution in [3.8, 4) is 0 Å². The molecule has 0 aliphatic carbocycles. The molecule has 1 rings (SSSR count). The van der Waals surface area contributed by atoms with Crippen molar-refractivity contribution >= 4 is 5.57 Å². The minimum absolute atomic E-state index is 0.986. The third-order valence-electron chi connectivity index (χ3n) is 2.00. The van der Waals surface area contributed by atoms with Gasteiger partial charge in [0.05, 0.1) is 5.69 Å². The number of aromatic nitrogens is 2. The van der Waals surface area contributed by atoms with E-state index in [1.54, 1.807) is 0 Å². The van der Waals surface area contributed by atoms with Gasteiger partial charge in [-0.1, -0.05) is 6.58 Å². The number of rotatable bonds is 1. The van der Waals surface area contributed by atoms with E-state index in [-0.39, 0.29) is 0 Å². The van der Waals surface area contributed by atoms with Crippen molar-refractivity contribution in [3.05, 3.63) is 23.8 Å². The van der Waals surface area contributed by atoms with Gasteiger partial charge in [-0.15, -0.1) is 0 Å². The summed E-state index contributed by atoms with van der Waals surface area (Å²) >= 11 is 0. The Morgan fingerprint density at radius 1 is 1.45 bits per heavy atom. The highest BCUT2D eigenvalue weighted by molar-refractivity contribution is 5.55. The molecule has 0 amide bonds. The normalized spacial score (nSPS) is 10.2. The van der Waals surface area contributed by atoms with Gasteiger partial charge >= 0.3 is 0 Å². The zero-order chi connectivity index (χ0) is 8.59. The monoisotopic (exact) mass is 150 g/mol. The van der Waals surface area contributed by atoms with Gasteiger partial charge in [0.2, 0.25) is 0 Å².